The van der Waals surface area contributed by atoms with Crippen molar-refractivity contribution >= 4 is 11.3 Å². The maximum atomic E-state index is 5.87. The van der Waals surface area contributed by atoms with Gasteiger partial charge >= 0.3 is 0 Å². The Kier molecular flexibility index (Phi) is 3.67. The van der Waals surface area contributed by atoms with E-state index in [0.29, 0.717) is 5.92 Å². The lowest BCUT2D eigenvalue weighted by molar-refractivity contribution is 0.583. The van der Waals surface area contributed by atoms with E-state index in [9.17, 15) is 0 Å². The van der Waals surface area contributed by atoms with E-state index in [-0.39, 0.29) is 6.04 Å². The molecule has 1 aliphatic rings. The van der Waals surface area contributed by atoms with E-state index >= 15 is 0 Å². The third-order valence-corrected chi connectivity index (χ3v) is 4.89. The van der Waals surface area contributed by atoms with Crippen LogP contribution in [0.2, 0.25) is 0 Å². The van der Waals surface area contributed by atoms with Gasteiger partial charge in [0.1, 0.15) is 0 Å². The van der Waals surface area contributed by atoms with Crippen molar-refractivity contribution in [3.8, 4) is 0 Å². The van der Waals surface area contributed by atoms with Gasteiger partial charge in [0.25, 0.3) is 0 Å². The van der Waals surface area contributed by atoms with Gasteiger partial charge < -0.3 is 5.73 Å². The number of aryl methyl sites for hydroxylation is 1. The molecule has 1 aliphatic carbocycles. The fourth-order valence-electron chi connectivity index (χ4n) is 2.80. The molecule has 2 nitrogen and oxygen atoms in total. The van der Waals surface area contributed by atoms with Crippen LogP contribution < -0.4 is 5.73 Å². The second kappa shape index (κ2) is 5.43. The van der Waals surface area contributed by atoms with Gasteiger partial charge in [-0.3, -0.25) is 0 Å². The normalized spacial score (nSPS) is 20.0. The molecular weight excluding hydrogens is 252 g/mol. The maximum Gasteiger partial charge on any atom is 0.0946 e. The first-order valence-electron chi connectivity index (χ1n) is 7.00. The molecule has 0 aliphatic heterocycles. The summed E-state index contributed by atoms with van der Waals surface area (Å²) in [7, 11) is 0. The molecule has 0 fully saturated rings. The van der Waals surface area contributed by atoms with Crippen molar-refractivity contribution in [3.05, 3.63) is 51.5 Å². The fraction of sp³-hybridized carbons (Fsp3) is 0.438. The lowest BCUT2D eigenvalue weighted by Gasteiger charge is -2.21. The topological polar surface area (TPSA) is 38.9 Å². The zero-order chi connectivity index (χ0) is 13.2. The van der Waals surface area contributed by atoms with Crippen LogP contribution in [-0.4, -0.2) is 11.0 Å². The van der Waals surface area contributed by atoms with Crippen LogP contribution in [0.15, 0.2) is 30.3 Å². The van der Waals surface area contributed by atoms with E-state index in [4.69, 9.17) is 10.7 Å². The molecule has 2 aromatic rings. The first kappa shape index (κ1) is 12.8. The highest BCUT2D eigenvalue weighted by Crippen LogP contribution is 2.35. The summed E-state index contributed by atoms with van der Waals surface area (Å²) in [5.41, 5.74) is 8.66. The van der Waals surface area contributed by atoms with E-state index in [2.05, 4.69) is 30.3 Å². The van der Waals surface area contributed by atoms with Crippen molar-refractivity contribution in [2.45, 2.75) is 44.6 Å². The van der Waals surface area contributed by atoms with Crippen LogP contribution >= 0.6 is 11.3 Å². The van der Waals surface area contributed by atoms with Crippen molar-refractivity contribution in [2.24, 2.45) is 5.73 Å². The number of rotatable bonds is 3. The molecule has 0 spiro atoms. The highest BCUT2D eigenvalue weighted by molar-refractivity contribution is 7.11. The number of nitrogens with zero attached hydrogens (tertiary/aromatic N) is 1. The zero-order valence-corrected chi connectivity index (χ0v) is 12.1. The average molecular weight is 272 g/mol. The molecule has 19 heavy (non-hydrogen) atoms. The quantitative estimate of drug-likeness (QED) is 0.931. The fourth-order valence-corrected chi connectivity index (χ4v) is 4.14. The molecule has 1 heterocycles. The Bertz CT molecular complexity index is 545. The summed E-state index contributed by atoms with van der Waals surface area (Å²) in [6, 6.07) is 11.1. The number of aromatic nitrogens is 1. The summed E-state index contributed by atoms with van der Waals surface area (Å²) >= 11 is 1.87. The van der Waals surface area contributed by atoms with Gasteiger partial charge in [0.05, 0.1) is 10.7 Å². The van der Waals surface area contributed by atoms with Gasteiger partial charge in [-0.2, -0.15) is 0 Å². The van der Waals surface area contributed by atoms with Crippen molar-refractivity contribution in [2.75, 3.05) is 0 Å². The van der Waals surface area contributed by atoms with Crippen molar-refractivity contribution < 1.29 is 0 Å². The molecule has 2 unspecified atom stereocenters. The van der Waals surface area contributed by atoms with E-state index < -0.39 is 0 Å². The summed E-state index contributed by atoms with van der Waals surface area (Å²) in [6.45, 7) is 2.05. The molecule has 3 rings (SSSR count). The van der Waals surface area contributed by atoms with E-state index in [1.807, 2.05) is 18.3 Å². The minimum atomic E-state index is 0.206. The zero-order valence-electron chi connectivity index (χ0n) is 11.3. The highest BCUT2D eigenvalue weighted by Gasteiger charge is 2.23. The molecule has 100 valence electrons. The lowest BCUT2D eigenvalue weighted by Crippen LogP contribution is -2.17. The molecule has 0 amide bonds. The Morgan fingerprint density at radius 3 is 2.89 bits per heavy atom. The van der Waals surface area contributed by atoms with Gasteiger partial charge in [-0.05, 0) is 37.7 Å². The molecule has 3 heteroatoms. The average Bonchev–Trinajstić information content (AvgIpc) is 2.79. The Labute approximate surface area is 118 Å². The van der Waals surface area contributed by atoms with Gasteiger partial charge in [-0.1, -0.05) is 30.3 Å². The molecule has 0 bridgehead atoms. The summed E-state index contributed by atoms with van der Waals surface area (Å²) in [6.07, 6.45) is 4.40. The third-order valence-electron chi connectivity index (χ3n) is 3.75. The molecule has 0 radical (unpaired) electrons. The predicted octanol–water partition coefficient (Wildman–Crippen LogP) is 3.31. The lowest BCUT2D eigenvalue weighted by atomic mass is 9.85. The van der Waals surface area contributed by atoms with Crippen LogP contribution in [0.3, 0.4) is 0 Å². The standard InChI is InChI=1S/C16H20N2S/c1-11(17)9-16-18-14-8-7-13(10-15(14)19-16)12-5-3-2-4-6-12/h2-6,11,13H,7-10,17H2,1H3. The monoisotopic (exact) mass is 272 g/mol. The van der Waals surface area contributed by atoms with Gasteiger partial charge in [0, 0.05) is 17.3 Å². The minimum absolute atomic E-state index is 0.206. The minimum Gasteiger partial charge on any atom is -0.328 e. The second-order valence-electron chi connectivity index (χ2n) is 5.51. The first-order chi connectivity index (χ1) is 9.22. The molecule has 0 saturated carbocycles. The summed E-state index contributed by atoms with van der Waals surface area (Å²) in [4.78, 5) is 6.24. The Balaban J connectivity index is 1.78. The van der Waals surface area contributed by atoms with Crippen LogP contribution in [0.25, 0.3) is 0 Å². The van der Waals surface area contributed by atoms with E-state index in [1.54, 1.807) is 0 Å². The predicted molar refractivity (Wildman–Crippen MR) is 80.7 cm³/mol. The summed E-state index contributed by atoms with van der Waals surface area (Å²) in [5, 5.41) is 1.22. The van der Waals surface area contributed by atoms with Gasteiger partial charge in [0.2, 0.25) is 0 Å². The van der Waals surface area contributed by atoms with Crippen molar-refractivity contribution in [1.82, 2.24) is 4.98 Å². The molecule has 1 aromatic heterocycles. The number of thiazole rings is 1. The van der Waals surface area contributed by atoms with Gasteiger partial charge in [0.15, 0.2) is 0 Å². The van der Waals surface area contributed by atoms with Gasteiger partial charge in [-0.25, -0.2) is 4.98 Å². The highest BCUT2D eigenvalue weighted by atomic mass is 32.1. The first-order valence-corrected chi connectivity index (χ1v) is 7.82. The van der Waals surface area contributed by atoms with Crippen LogP contribution in [0.4, 0.5) is 0 Å². The summed E-state index contributed by atoms with van der Waals surface area (Å²) in [5.74, 6) is 0.664. The number of fused-ring (bicyclic) bond motifs is 1. The Morgan fingerprint density at radius 2 is 2.16 bits per heavy atom. The van der Waals surface area contributed by atoms with Crippen LogP contribution in [0.5, 0.6) is 0 Å². The molecule has 1 aromatic carbocycles. The SMILES string of the molecule is CC(N)Cc1nc2c(s1)CC(c1ccccc1)CC2. The third kappa shape index (κ3) is 2.88. The van der Waals surface area contributed by atoms with Crippen LogP contribution in [0.1, 0.15) is 40.4 Å². The molecule has 2 N–H and O–H groups in total. The van der Waals surface area contributed by atoms with Crippen molar-refractivity contribution in [1.29, 1.82) is 0 Å². The molecule has 0 saturated heterocycles. The Morgan fingerprint density at radius 1 is 1.37 bits per heavy atom. The maximum absolute atomic E-state index is 5.87. The Hall–Kier alpha value is -1.19. The van der Waals surface area contributed by atoms with Crippen LogP contribution in [-0.2, 0) is 19.3 Å². The van der Waals surface area contributed by atoms with Crippen molar-refractivity contribution in [3.63, 3.8) is 0 Å². The van der Waals surface area contributed by atoms with E-state index in [0.717, 1.165) is 19.3 Å². The largest absolute Gasteiger partial charge is 0.328 e. The number of hydrogen-bond donors (Lipinski definition) is 1. The number of hydrogen-bond acceptors (Lipinski definition) is 3. The van der Waals surface area contributed by atoms with Crippen LogP contribution in [0, 0.1) is 0 Å². The molecular formula is C16H20N2S. The smallest absolute Gasteiger partial charge is 0.0946 e. The molecule has 2 atom stereocenters. The number of nitrogens with two attached hydrogens (primary N) is 1. The summed E-state index contributed by atoms with van der Waals surface area (Å²) < 4.78 is 0. The van der Waals surface area contributed by atoms with E-state index in [1.165, 1.54) is 27.6 Å². The second-order valence-corrected chi connectivity index (χ2v) is 6.68. The number of benzene rings is 1. The van der Waals surface area contributed by atoms with Gasteiger partial charge in [-0.15, -0.1) is 11.3 Å².